The number of nitrogens with one attached hydrogen (secondary N) is 1. The molecule has 0 spiro atoms. The van der Waals surface area contributed by atoms with Crippen molar-refractivity contribution in [3.8, 4) is 0 Å². The van der Waals surface area contributed by atoms with Crippen LogP contribution in [0.15, 0.2) is 36.7 Å². The third kappa shape index (κ3) is 3.37. The molecule has 2 unspecified atom stereocenters. The summed E-state index contributed by atoms with van der Waals surface area (Å²) in [5, 5.41) is 5.89. The van der Waals surface area contributed by atoms with Gasteiger partial charge in [0, 0.05) is 53.2 Å². The number of nitrogens with zero attached hydrogens (tertiary/aromatic N) is 1. The minimum atomic E-state index is -0.761. The largest absolute Gasteiger partial charge is 0.311 e. The summed E-state index contributed by atoms with van der Waals surface area (Å²) >= 11 is 0. The molecule has 0 aliphatic carbocycles. The van der Waals surface area contributed by atoms with Gasteiger partial charge in [0.05, 0.1) is 0 Å². The van der Waals surface area contributed by atoms with E-state index in [2.05, 4.69) is 28.5 Å². The van der Waals surface area contributed by atoms with Gasteiger partial charge >= 0.3 is 0 Å². The molecule has 3 nitrogen and oxygen atoms in total. The van der Waals surface area contributed by atoms with Gasteiger partial charge in [0.1, 0.15) is 0 Å². The zero-order chi connectivity index (χ0) is 13.0. The molecule has 0 saturated heterocycles. The lowest BCUT2D eigenvalue weighted by atomic mass is 10.1. The second-order valence-electron chi connectivity index (χ2n) is 4.50. The Morgan fingerprint density at radius 3 is 2.94 bits per heavy atom. The standard InChI is InChI=1S/C14H18N2OS/c1-11(18(2)17)8-16-9-12-3-4-14-10-15-6-5-13(14)7-12/h3-7,10-11,16H,8-9H2,1-2H3. The van der Waals surface area contributed by atoms with Gasteiger partial charge in [-0.3, -0.25) is 9.19 Å². The Bertz CT molecular complexity index is 556. The van der Waals surface area contributed by atoms with Gasteiger partial charge in [-0.25, -0.2) is 0 Å². The Morgan fingerprint density at radius 1 is 1.33 bits per heavy atom. The lowest BCUT2D eigenvalue weighted by Gasteiger charge is -2.10. The highest BCUT2D eigenvalue weighted by molar-refractivity contribution is 7.84. The van der Waals surface area contributed by atoms with Crippen LogP contribution in [-0.4, -0.2) is 27.2 Å². The van der Waals surface area contributed by atoms with Crippen molar-refractivity contribution in [2.45, 2.75) is 18.7 Å². The van der Waals surface area contributed by atoms with Crippen LogP contribution in [0, 0.1) is 0 Å². The Morgan fingerprint density at radius 2 is 2.17 bits per heavy atom. The molecule has 1 heterocycles. The third-order valence-corrected chi connectivity index (χ3v) is 4.33. The van der Waals surface area contributed by atoms with Crippen LogP contribution >= 0.6 is 0 Å². The molecule has 2 rings (SSSR count). The molecule has 1 aromatic carbocycles. The average molecular weight is 262 g/mol. The SMILES string of the molecule is CC(CNCc1ccc2cnccc2c1)S(C)=O. The Kier molecular flexibility index (Phi) is 4.44. The Balaban J connectivity index is 1.98. The van der Waals surface area contributed by atoms with Crippen molar-refractivity contribution in [1.82, 2.24) is 10.3 Å². The highest BCUT2D eigenvalue weighted by Crippen LogP contribution is 2.14. The molecule has 0 amide bonds. The first-order valence-corrected chi connectivity index (χ1v) is 7.64. The molecule has 1 aromatic heterocycles. The number of hydrogen-bond acceptors (Lipinski definition) is 3. The molecule has 0 saturated carbocycles. The van der Waals surface area contributed by atoms with Crippen LogP contribution in [0.3, 0.4) is 0 Å². The molecular weight excluding hydrogens is 244 g/mol. The van der Waals surface area contributed by atoms with E-state index < -0.39 is 10.8 Å². The summed E-state index contributed by atoms with van der Waals surface area (Å²) in [7, 11) is -0.761. The van der Waals surface area contributed by atoms with Crippen molar-refractivity contribution in [1.29, 1.82) is 0 Å². The second kappa shape index (κ2) is 6.07. The van der Waals surface area contributed by atoms with E-state index in [1.54, 1.807) is 6.26 Å². The Hall–Kier alpha value is -1.26. The van der Waals surface area contributed by atoms with Gasteiger partial charge in [0.25, 0.3) is 0 Å². The molecule has 96 valence electrons. The van der Waals surface area contributed by atoms with E-state index >= 15 is 0 Å². The van der Waals surface area contributed by atoms with Gasteiger partial charge in [-0.1, -0.05) is 12.1 Å². The lowest BCUT2D eigenvalue weighted by Crippen LogP contribution is -2.27. The molecule has 0 radical (unpaired) electrons. The molecule has 4 heteroatoms. The van der Waals surface area contributed by atoms with E-state index in [0.717, 1.165) is 18.5 Å². The Labute approximate surface area is 110 Å². The number of rotatable bonds is 5. The van der Waals surface area contributed by atoms with Gasteiger partial charge < -0.3 is 5.32 Å². The van der Waals surface area contributed by atoms with Crippen molar-refractivity contribution >= 4 is 21.6 Å². The number of aromatic nitrogens is 1. The maximum absolute atomic E-state index is 11.2. The summed E-state index contributed by atoms with van der Waals surface area (Å²) in [6.07, 6.45) is 5.42. The van der Waals surface area contributed by atoms with Crippen LogP contribution in [0.1, 0.15) is 12.5 Å². The van der Waals surface area contributed by atoms with Crippen molar-refractivity contribution in [2.75, 3.05) is 12.8 Å². The molecule has 0 aliphatic rings. The number of fused-ring (bicyclic) bond motifs is 1. The maximum Gasteiger partial charge on any atom is 0.0441 e. The van der Waals surface area contributed by atoms with E-state index in [1.165, 1.54) is 10.9 Å². The minimum absolute atomic E-state index is 0.189. The van der Waals surface area contributed by atoms with E-state index in [0.29, 0.717) is 0 Å². The van der Waals surface area contributed by atoms with Gasteiger partial charge in [0.15, 0.2) is 0 Å². The molecule has 0 aliphatic heterocycles. The van der Waals surface area contributed by atoms with E-state index in [9.17, 15) is 4.21 Å². The predicted octanol–water partition coefficient (Wildman–Crippen LogP) is 2.09. The van der Waals surface area contributed by atoms with E-state index in [1.807, 2.05) is 25.4 Å². The zero-order valence-corrected chi connectivity index (χ0v) is 11.5. The highest BCUT2D eigenvalue weighted by Gasteiger charge is 2.05. The summed E-state index contributed by atoms with van der Waals surface area (Å²) < 4.78 is 11.2. The summed E-state index contributed by atoms with van der Waals surface area (Å²) in [4.78, 5) is 4.10. The van der Waals surface area contributed by atoms with Gasteiger partial charge in [0.2, 0.25) is 0 Å². The second-order valence-corrected chi connectivity index (χ2v) is 6.30. The van der Waals surface area contributed by atoms with Gasteiger partial charge in [-0.2, -0.15) is 0 Å². The number of pyridine rings is 1. The smallest absolute Gasteiger partial charge is 0.0441 e. The molecule has 2 atom stereocenters. The van der Waals surface area contributed by atoms with Crippen molar-refractivity contribution < 1.29 is 4.21 Å². The summed E-state index contributed by atoms with van der Waals surface area (Å²) in [5.74, 6) is 0. The summed E-state index contributed by atoms with van der Waals surface area (Å²) in [6, 6.07) is 8.37. The molecular formula is C14H18N2OS. The van der Waals surface area contributed by atoms with Crippen LogP contribution < -0.4 is 5.32 Å². The fourth-order valence-corrected chi connectivity index (χ4v) is 2.13. The highest BCUT2D eigenvalue weighted by atomic mass is 32.2. The zero-order valence-electron chi connectivity index (χ0n) is 10.7. The molecule has 1 N–H and O–H groups in total. The fourth-order valence-electron chi connectivity index (χ4n) is 1.78. The van der Waals surface area contributed by atoms with E-state index in [4.69, 9.17) is 0 Å². The topological polar surface area (TPSA) is 42.0 Å². The first-order chi connectivity index (χ1) is 8.66. The van der Waals surface area contributed by atoms with Crippen molar-refractivity contribution in [3.05, 3.63) is 42.2 Å². The fraction of sp³-hybridized carbons (Fsp3) is 0.357. The monoisotopic (exact) mass is 262 g/mol. The third-order valence-electron chi connectivity index (χ3n) is 3.03. The van der Waals surface area contributed by atoms with Gasteiger partial charge in [-0.15, -0.1) is 0 Å². The normalized spacial score (nSPS) is 14.6. The minimum Gasteiger partial charge on any atom is -0.311 e. The van der Waals surface area contributed by atoms with Crippen LogP contribution in [0.5, 0.6) is 0 Å². The predicted molar refractivity (Wildman–Crippen MR) is 77.0 cm³/mol. The number of hydrogen-bond donors (Lipinski definition) is 1. The quantitative estimate of drug-likeness (QED) is 0.897. The van der Waals surface area contributed by atoms with Crippen LogP contribution in [0.4, 0.5) is 0 Å². The lowest BCUT2D eigenvalue weighted by molar-refractivity contribution is 0.647. The van der Waals surface area contributed by atoms with Gasteiger partial charge in [-0.05, 0) is 30.0 Å². The average Bonchev–Trinajstić information content (AvgIpc) is 2.38. The summed E-state index contributed by atoms with van der Waals surface area (Å²) in [6.45, 7) is 3.58. The van der Waals surface area contributed by atoms with Crippen LogP contribution in [0.25, 0.3) is 10.8 Å². The first-order valence-electron chi connectivity index (χ1n) is 6.02. The first kappa shape index (κ1) is 13.2. The molecule has 0 fully saturated rings. The number of benzene rings is 1. The molecule has 0 bridgehead atoms. The molecule has 2 aromatic rings. The van der Waals surface area contributed by atoms with E-state index in [-0.39, 0.29) is 5.25 Å². The summed E-state index contributed by atoms with van der Waals surface area (Å²) in [5.41, 5.74) is 1.24. The van der Waals surface area contributed by atoms with Crippen molar-refractivity contribution in [2.24, 2.45) is 0 Å². The maximum atomic E-state index is 11.2. The van der Waals surface area contributed by atoms with Crippen LogP contribution in [-0.2, 0) is 17.3 Å². The van der Waals surface area contributed by atoms with Crippen molar-refractivity contribution in [3.63, 3.8) is 0 Å². The molecule has 18 heavy (non-hydrogen) atoms. The van der Waals surface area contributed by atoms with Crippen LogP contribution in [0.2, 0.25) is 0 Å².